The van der Waals surface area contributed by atoms with Crippen LogP contribution in [-0.4, -0.2) is 6.54 Å². The molecule has 1 heterocycles. The molecule has 1 saturated heterocycles. The van der Waals surface area contributed by atoms with E-state index in [9.17, 15) is 8.78 Å². The highest BCUT2D eigenvalue weighted by Gasteiger charge is 2.25. The minimum atomic E-state index is -0.640. The van der Waals surface area contributed by atoms with Crippen LogP contribution in [0.25, 0.3) is 0 Å². The smallest absolute Gasteiger partial charge is 0.132 e. The fraction of sp³-hybridized carbons (Fsp3) is 0.300. The van der Waals surface area contributed by atoms with Gasteiger partial charge in [0.05, 0.1) is 11.6 Å². The summed E-state index contributed by atoms with van der Waals surface area (Å²) < 4.78 is 26.7. The zero-order valence-electron chi connectivity index (χ0n) is 7.35. The lowest BCUT2D eigenvalue weighted by molar-refractivity contribution is 0.356. The summed E-state index contributed by atoms with van der Waals surface area (Å²) >= 11 is 0. The van der Waals surface area contributed by atoms with Gasteiger partial charge in [-0.25, -0.2) is 8.78 Å². The summed E-state index contributed by atoms with van der Waals surface area (Å²) in [6.07, 6.45) is 0.736. The van der Waals surface area contributed by atoms with Crippen LogP contribution >= 0.6 is 0 Å². The first-order chi connectivity index (χ1) is 6.72. The second kappa shape index (κ2) is 3.35. The predicted octanol–water partition coefficient (Wildman–Crippen LogP) is 1.87. The average Bonchev–Trinajstić information content (AvgIpc) is 2.07. The quantitative estimate of drug-likeness (QED) is 0.740. The first-order valence-electron chi connectivity index (χ1n) is 4.35. The fourth-order valence-corrected chi connectivity index (χ4v) is 1.52. The summed E-state index contributed by atoms with van der Waals surface area (Å²) in [6.45, 7) is 0.781. The molecule has 1 fully saturated rings. The van der Waals surface area contributed by atoms with Crippen LogP contribution in [0.3, 0.4) is 0 Å². The highest BCUT2D eigenvalue weighted by Crippen LogP contribution is 2.28. The van der Waals surface area contributed by atoms with E-state index >= 15 is 0 Å². The molecule has 14 heavy (non-hydrogen) atoms. The minimum Gasteiger partial charge on any atom is -0.310 e. The molecule has 1 aromatic rings. The van der Waals surface area contributed by atoms with Gasteiger partial charge < -0.3 is 5.32 Å². The van der Waals surface area contributed by atoms with Gasteiger partial charge in [0.1, 0.15) is 11.6 Å². The van der Waals surface area contributed by atoms with E-state index in [2.05, 4.69) is 5.32 Å². The summed E-state index contributed by atoms with van der Waals surface area (Å²) in [5, 5.41) is 11.4. The third kappa shape index (κ3) is 1.36. The van der Waals surface area contributed by atoms with Crippen molar-refractivity contribution in [2.45, 2.75) is 12.5 Å². The molecule has 72 valence electrons. The van der Waals surface area contributed by atoms with Crippen LogP contribution < -0.4 is 5.32 Å². The zero-order chi connectivity index (χ0) is 10.1. The Hall–Kier alpha value is -1.47. The predicted molar refractivity (Wildman–Crippen MR) is 46.4 cm³/mol. The van der Waals surface area contributed by atoms with E-state index in [0.29, 0.717) is 0 Å². The molecule has 2 rings (SSSR count). The Bertz CT molecular complexity index is 382. The van der Waals surface area contributed by atoms with Crippen LogP contribution in [0.4, 0.5) is 8.78 Å². The molecule has 0 radical (unpaired) electrons. The average molecular weight is 194 g/mol. The van der Waals surface area contributed by atoms with E-state index < -0.39 is 11.6 Å². The lowest BCUT2D eigenvalue weighted by Gasteiger charge is -2.28. The maximum atomic E-state index is 13.3. The second-order valence-corrected chi connectivity index (χ2v) is 3.26. The van der Waals surface area contributed by atoms with Gasteiger partial charge in [-0.1, -0.05) is 0 Å². The Kier molecular flexibility index (Phi) is 2.18. The normalized spacial score (nSPS) is 19.9. The molecule has 1 aliphatic rings. The van der Waals surface area contributed by atoms with Crippen molar-refractivity contribution in [1.29, 1.82) is 5.26 Å². The third-order valence-electron chi connectivity index (χ3n) is 2.38. The summed E-state index contributed by atoms with van der Waals surface area (Å²) in [5.41, 5.74) is 0.0679. The van der Waals surface area contributed by atoms with E-state index in [4.69, 9.17) is 5.26 Å². The number of hydrogen-bond acceptors (Lipinski definition) is 2. The topological polar surface area (TPSA) is 35.8 Å². The van der Waals surface area contributed by atoms with E-state index in [1.54, 1.807) is 6.07 Å². The number of nitrogens with zero attached hydrogens (tertiary/aromatic N) is 1. The Balaban J connectivity index is 2.45. The second-order valence-electron chi connectivity index (χ2n) is 3.26. The van der Waals surface area contributed by atoms with Crippen molar-refractivity contribution in [2.24, 2.45) is 0 Å². The molecule has 0 aromatic heterocycles. The molecule has 0 aliphatic carbocycles. The van der Waals surface area contributed by atoms with Gasteiger partial charge in [-0.15, -0.1) is 0 Å². The molecule has 1 N–H and O–H groups in total. The zero-order valence-corrected chi connectivity index (χ0v) is 7.35. The van der Waals surface area contributed by atoms with Gasteiger partial charge in [-0.05, 0) is 25.1 Å². The van der Waals surface area contributed by atoms with E-state index in [-0.39, 0.29) is 17.2 Å². The van der Waals surface area contributed by atoms with Crippen LogP contribution in [0.15, 0.2) is 12.1 Å². The molecule has 0 spiro atoms. The van der Waals surface area contributed by atoms with Crippen molar-refractivity contribution >= 4 is 0 Å². The van der Waals surface area contributed by atoms with Crippen molar-refractivity contribution in [3.05, 3.63) is 34.9 Å². The van der Waals surface area contributed by atoms with E-state index in [0.717, 1.165) is 25.1 Å². The van der Waals surface area contributed by atoms with Gasteiger partial charge in [0.25, 0.3) is 0 Å². The molecule has 0 saturated carbocycles. The number of hydrogen-bond donors (Lipinski definition) is 1. The maximum Gasteiger partial charge on any atom is 0.132 e. The van der Waals surface area contributed by atoms with Gasteiger partial charge in [-0.3, -0.25) is 0 Å². The Labute approximate surface area is 80.2 Å². The molecular weight excluding hydrogens is 186 g/mol. The molecule has 1 atom stereocenters. The summed E-state index contributed by atoms with van der Waals surface area (Å²) in [4.78, 5) is 0. The van der Waals surface area contributed by atoms with Crippen LogP contribution in [-0.2, 0) is 0 Å². The Morgan fingerprint density at radius 2 is 1.93 bits per heavy atom. The molecule has 2 nitrogen and oxygen atoms in total. The Morgan fingerprint density at radius 3 is 2.29 bits per heavy atom. The number of nitrogens with one attached hydrogen (secondary N) is 1. The van der Waals surface area contributed by atoms with E-state index in [1.165, 1.54) is 0 Å². The minimum absolute atomic E-state index is 0.0167. The molecule has 0 amide bonds. The summed E-state index contributed by atoms with van der Waals surface area (Å²) in [7, 11) is 0. The number of nitriles is 1. The Morgan fingerprint density at radius 1 is 1.36 bits per heavy atom. The highest BCUT2D eigenvalue weighted by molar-refractivity contribution is 5.36. The maximum absolute atomic E-state index is 13.3. The molecule has 0 unspecified atom stereocenters. The van der Waals surface area contributed by atoms with Gasteiger partial charge in [0.2, 0.25) is 0 Å². The number of benzene rings is 1. The van der Waals surface area contributed by atoms with Crippen LogP contribution in [0, 0.1) is 23.0 Å². The van der Waals surface area contributed by atoms with Crippen LogP contribution in [0.2, 0.25) is 0 Å². The standard InChI is InChI=1S/C10H8F2N2/c11-7-3-6(5-13)4-8(12)10(7)9-1-2-14-9/h3-4,9,14H,1-2H2/t9-/m1/s1. The summed E-state index contributed by atoms with van der Waals surface area (Å²) in [5.74, 6) is -1.28. The van der Waals surface area contributed by atoms with Crippen molar-refractivity contribution in [1.82, 2.24) is 5.32 Å². The largest absolute Gasteiger partial charge is 0.310 e. The molecule has 1 aliphatic heterocycles. The number of halogens is 2. The fourth-order valence-electron chi connectivity index (χ4n) is 1.52. The lowest BCUT2D eigenvalue weighted by atomic mass is 9.96. The van der Waals surface area contributed by atoms with Crippen molar-refractivity contribution in [3.63, 3.8) is 0 Å². The van der Waals surface area contributed by atoms with Crippen LogP contribution in [0.5, 0.6) is 0 Å². The monoisotopic (exact) mass is 194 g/mol. The highest BCUT2D eigenvalue weighted by atomic mass is 19.1. The first kappa shape index (κ1) is 9.10. The number of rotatable bonds is 1. The SMILES string of the molecule is N#Cc1cc(F)c([C@H]2CCN2)c(F)c1. The summed E-state index contributed by atoms with van der Waals surface area (Å²) in [6, 6.07) is 3.61. The van der Waals surface area contributed by atoms with Gasteiger partial charge in [0.15, 0.2) is 0 Å². The third-order valence-corrected chi connectivity index (χ3v) is 2.38. The molecule has 1 aromatic carbocycles. The molecule has 0 bridgehead atoms. The molecular formula is C10H8F2N2. The van der Waals surface area contributed by atoms with Gasteiger partial charge in [0, 0.05) is 11.6 Å². The molecule has 4 heteroatoms. The van der Waals surface area contributed by atoms with Gasteiger partial charge >= 0.3 is 0 Å². The van der Waals surface area contributed by atoms with Crippen molar-refractivity contribution < 1.29 is 8.78 Å². The van der Waals surface area contributed by atoms with Gasteiger partial charge in [-0.2, -0.15) is 5.26 Å². The van der Waals surface area contributed by atoms with Crippen molar-refractivity contribution in [2.75, 3.05) is 6.54 Å². The van der Waals surface area contributed by atoms with Crippen LogP contribution in [0.1, 0.15) is 23.6 Å². The van der Waals surface area contributed by atoms with E-state index in [1.807, 2.05) is 0 Å². The lowest BCUT2D eigenvalue weighted by Crippen LogP contribution is -2.36. The van der Waals surface area contributed by atoms with Crippen molar-refractivity contribution in [3.8, 4) is 6.07 Å². The first-order valence-corrected chi connectivity index (χ1v) is 4.35.